The van der Waals surface area contributed by atoms with E-state index in [1.54, 1.807) is 24.1 Å². The van der Waals surface area contributed by atoms with Crippen LogP contribution in [0.25, 0.3) is 0 Å². The molecule has 5 rings (SSSR count). The van der Waals surface area contributed by atoms with E-state index in [4.69, 9.17) is 0 Å². The predicted molar refractivity (Wildman–Crippen MR) is 93.8 cm³/mol. The van der Waals surface area contributed by atoms with Gasteiger partial charge in [-0.1, -0.05) is 6.92 Å². The van der Waals surface area contributed by atoms with Crippen LogP contribution in [0.15, 0.2) is 15.9 Å². The highest BCUT2D eigenvalue weighted by Crippen LogP contribution is 2.61. The first kappa shape index (κ1) is 14.7. The molecular weight excluding hydrogens is 342 g/mol. The van der Waals surface area contributed by atoms with Gasteiger partial charge < -0.3 is 5.32 Å². The van der Waals surface area contributed by atoms with Crippen molar-refractivity contribution in [2.45, 2.75) is 57.9 Å². The maximum Gasteiger partial charge on any atom is 0.0285 e. The van der Waals surface area contributed by atoms with E-state index in [1.807, 2.05) is 11.3 Å². The Kier molecular flexibility index (Phi) is 3.96. The van der Waals surface area contributed by atoms with E-state index in [1.165, 1.54) is 30.2 Å². The molecule has 21 heavy (non-hydrogen) atoms. The fraction of sp³-hybridized carbons (Fsp3) is 0.778. The molecule has 4 aliphatic rings. The first-order valence-electron chi connectivity index (χ1n) is 8.63. The summed E-state index contributed by atoms with van der Waals surface area (Å²) in [5.41, 5.74) is 0.612. The Morgan fingerprint density at radius 2 is 1.86 bits per heavy atom. The molecule has 0 radical (unpaired) electrons. The van der Waals surface area contributed by atoms with Gasteiger partial charge in [-0.3, -0.25) is 0 Å². The molecule has 1 heterocycles. The zero-order valence-electron chi connectivity index (χ0n) is 12.9. The molecule has 1 atom stereocenters. The third-order valence-electron chi connectivity index (χ3n) is 6.30. The van der Waals surface area contributed by atoms with Crippen molar-refractivity contribution in [3.8, 4) is 0 Å². The van der Waals surface area contributed by atoms with Gasteiger partial charge in [0.15, 0.2) is 0 Å². The van der Waals surface area contributed by atoms with Gasteiger partial charge in [0.05, 0.1) is 0 Å². The van der Waals surface area contributed by atoms with Gasteiger partial charge in [0.1, 0.15) is 0 Å². The van der Waals surface area contributed by atoms with Gasteiger partial charge in [0, 0.05) is 20.8 Å². The number of likely N-dealkylation sites (N-methyl/N-ethyl adjacent to an activating group) is 1. The summed E-state index contributed by atoms with van der Waals surface area (Å²) in [6.45, 7) is 3.39. The largest absolute Gasteiger partial charge is 0.313 e. The van der Waals surface area contributed by atoms with Gasteiger partial charge in [0.2, 0.25) is 0 Å². The van der Waals surface area contributed by atoms with E-state index < -0.39 is 0 Å². The third kappa shape index (κ3) is 2.74. The molecule has 4 bridgehead atoms. The normalized spacial score (nSPS) is 38.9. The van der Waals surface area contributed by atoms with Gasteiger partial charge in [-0.05, 0) is 96.7 Å². The topological polar surface area (TPSA) is 12.0 Å². The van der Waals surface area contributed by atoms with Crippen molar-refractivity contribution >= 4 is 27.3 Å². The van der Waals surface area contributed by atoms with Crippen molar-refractivity contribution in [3.63, 3.8) is 0 Å². The van der Waals surface area contributed by atoms with E-state index in [9.17, 15) is 0 Å². The second-order valence-corrected chi connectivity index (χ2v) is 9.74. The third-order valence-corrected chi connectivity index (χ3v) is 8.02. The summed E-state index contributed by atoms with van der Waals surface area (Å²) >= 11 is 5.54. The lowest BCUT2D eigenvalue weighted by Crippen LogP contribution is -2.56. The number of hydrogen-bond acceptors (Lipinski definition) is 2. The van der Waals surface area contributed by atoms with Crippen LogP contribution in [0.4, 0.5) is 0 Å². The van der Waals surface area contributed by atoms with E-state index >= 15 is 0 Å². The van der Waals surface area contributed by atoms with Gasteiger partial charge in [-0.2, -0.15) is 0 Å². The molecule has 1 aromatic rings. The average molecular weight is 368 g/mol. The van der Waals surface area contributed by atoms with E-state index in [0.717, 1.165) is 24.3 Å². The van der Waals surface area contributed by atoms with Crippen molar-refractivity contribution in [3.05, 3.63) is 20.8 Å². The average Bonchev–Trinajstić information content (AvgIpc) is 2.82. The predicted octanol–water partition coefficient (Wildman–Crippen LogP) is 5.25. The molecule has 4 fully saturated rings. The van der Waals surface area contributed by atoms with Crippen LogP contribution in [0.5, 0.6) is 0 Å². The Labute approximate surface area is 141 Å². The van der Waals surface area contributed by atoms with E-state index in [2.05, 4.69) is 39.6 Å². The van der Waals surface area contributed by atoms with Gasteiger partial charge in [-0.15, -0.1) is 11.3 Å². The number of thiophene rings is 1. The van der Waals surface area contributed by atoms with Crippen LogP contribution in [-0.2, 0) is 6.42 Å². The maximum atomic E-state index is 3.89. The molecule has 4 saturated carbocycles. The van der Waals surface area contributed by atoms with E-state index in [-0.39, 0.29) is 0 Å². The minimum atomic E-state index is 0.612. The Hall–Kier alpha value is 0.140. The fourth-order valence-electron chi connectivity index (χ4n) is 6.02. The van der Waals surface area contributed by atoms with Crippen LogP contribution in [-0.4, -0.2) is 12.6 Å². The Bertz CT molecular complexity index is 474. The molecule has 1 aromatic heterocycles. The quantitative estimate of drug-likeness (QED) is 0.749. The minimum Gasteiger partial charge on any atom is -0.313 e. The Balaban J connectivity index is 1.58. The molecule has 0 amide bonds. The molecule has 0 spiro atoms. The Morgan fingerprint density at radius 3 is 2.33 bits per heavy atom. The summed E-state index contributed by atoms with van der Waals surface area (Å²) in [7, 11) is 0. The maximum absolute atomic E-state index is 3.89. The number of rotatable bonds is 5. The first-order chi connectivity index (χ1) is 10.2. The summed E-state index contributed by atoms with van der Waals surface area (Å²) < 4.78 is 1.25. The van der Waals surface area contributed by atoms with Crippen molar-refractivity contribution in [1.29, 1.82) is 0 Å². The van der Waals surface area contributed by atoms with Crippen LogP contribution in [0.3, 0.4) is 0 Å². The molecule has 1 unspecified atom stereocenters. The van der Waals surface area contributed by atoms with Crippen LogP contribution in [0.2, 0.25) is 0 Å². The molecule has 116 valence electrons. The zero-order chi connectivity index (χ0) is 14.4. The highest BCUT2D eigenvalue weighted by molar-refractivity contribution is 9.10. The molecule has 0 aromatic carbocycles. The standard InChI is InChI=1S/C18H26BrNS/c1-2-20-17(7-16-6-15(19)11-21-16)18-8-12-3-13(9-18)5-14(4-12)10-18/h6,11-14,17,20H,2-5,7-10H2,1H3. The molecule has 0 saturated heterocycles. The summed E-state index contributed by atoms with van der Waals surface area (Å²) in [6.07, 6.45) is 10.4. The molecular formula is C18H26BrNS. The van der Waals surface area contributed by atoms with E-state index in [0.29, 0.717) is 11.5 Å². The van der Waals surface area contributed by atoms with Gasteiger partial charge in [0.25, 0.3) is 0 Å². The summed E-state index contributed by atoms with van der Waals surface area (Å²) in [6, 6.07) is 3.02. The zero-order valence-corrected chi connectivity index (χ0v) is 15.3. The number of nitrogens with one attached hydrogen (secondary N) is 1. The summed E-state index contributed by atoms with van der Waals surface area (Å²) in [4.78, 5) is 1.54. The van der Waals surface area contributed by atoms with Crippen LogP contribution >= 0.6 is 27.3 Å². The molecule has 3 heteroatoms. The van der Waals surface area contributed by atoms with Crippen LogP contribution < -0.4 is 5.32 Å². The van der Waals surface area contributed by atoms with Gasteiger partial charge >= 0.3 is 0 Å². The molecule has 4 aliphatic carbocycles. The van der Waals surface area contributed by atoms with Crippen LogP contribution in [0, 0.1) is 23.2 Å². The van der Waals surface area contributed by atoms with Crippen molar-refractivity contribution in [2.75, 3.05) is 6.54 Å². The fourth-order valence-corrected chi connectivity index (χ4v) is 7.52. The first-order valence-corrected chi connectivity index (χ1v) is 10.3. The highest BCUT2D eigenvalue weighted by Gasteiger charge is 2.53. The number of halogens is 1. The number of hydrogen-bond donors (Lipinski definition) is 1. The molecule has 1 nitrogen and oxygen atoms in total. The van der Waals surface area contributed by atoms with Crippen molar-refractivity contribution in [1.82, 2.24) is 5.32 Å². The lowest BCUT2D eigenvalue weighted by Gasteiger charge is -2.59. The Morgan fingerprint density at radius 1 is 1.24 bits per heavy atom. The summed E-state index contributed by atoms with van der Waals surface area (Å²) in [5, 5.41) is 6.12. The van der Waals surface area contributed by atoms with Crippen LogP contribution in [0.1, 0.15) is 50.3 Å². The second-order valence-electron chi connectivity index (χ2n) is 7.83. The lowest BCUT2D eigenvalue weighted by atomic mass is 9.47. The van der Waals surface area contributed by atoms with Gasteiger partial charge in [-0.25, -0.2) is 0 Å². The lowest BCUT2D eigenvalue weighted by molar-refractivity contribution is -0.0732. The smallest absolute Gasteiger partial charge is 0.0285 e. The molecule has 1 N–H and O–H groups in total. The van der Waals surface area contributed by atoms with Crippen molar-refractivity contribution in [2.24, 2.45) is 23.2 Å². The molecule has 0 aliphatic heterocycles. The highest BCUT2D eigenvalue weighted by atomic mass is 79.9. The van der Waals surface area contributed by atoms with Crippen molar-refractivity contribution < 1.29 is 0 Å². The monoisotopic (exact) mass is 367 g/mol. The SMILES string of the molecule is CCNC(Cc1cc(Br)cs1)C12CC3CC(CC(C3)C1)C2. The minimum absolute atomic E-state index is 0.612. The second kappa shape index (κ2) is 5.65. The summed E-state index contributed by atoms with van der Waals surface area (Å²) in [5.74, 6) is 3.15.